The predicted molar refractivity (Wildman–Crippen MR) is 138 cm³/mol. The lowest BCUT2D eigenvalue weighted by atomic mass is 9.73. The van der Waals surface area contributed by atoms with Gasteiger partial charge in [-0.2, -0.15) is 0 Å². The van der Waals surface area contributed by atoms with E-state index in [1.165, 1.54) is 0 Å². The molecule has 3 aliphatic rings. The fourth-order valence-electron chi connectivity index (χ4n) is 5.74. The molecular formula is C28H39N3O6. The molecule has 2 saturated carbocycles. The molecule has 1 aromatic carbocycles. The van der Waals surface area contributed by atoms with E-state index in [0.717, 1.165) is 43.2 Å². The molecule has 202 valence electrons. The van der Waals surface area contributed by atoms with Gasteiger partial charge in [-0.3, -0.25) is 14.9 Å². The monoisotopic (exact) mass is 513 g/mol. The third kappa shape index (κ3) is 5.98. The fourth-order valence-corrected chi connectivity index (χ4v) is 5.74. The number of fused-ring (bicyclic) bond motifs is 1. The number of carbonyl (C=O) groups is 4. The highest BCUT2D eigenvalue weighted by Gasteiger charge is 2.43. The van der Waals surface area contributed by atoms with Crippen molar-refractivity contribution in [1.82, 2.24) is 4.90 Å². The van der Waals surface area contributed by atoms with Crippen LogP contribution >= 0.6 is 0 Å². The Morgan fingerprint density at radius 1 is 1.05 bits per heavy atom. The summed E-state index contributed by atoms with van der Waals surface area (Å²) < 4.78 is 10.6. The minimum Gasteiger partial charge on any atom is -0.444 e. The Hall–Kier alpha value is -2.94. The SMILES string of the molecule is CN1Cc2c(C3CCC(N)(C(=O)OC(=O)C4CCCCC4)CC3)ccc(NC(=O)OC(C)(C)C)c2C1=O. The molecule has 1 aliphatic heterocycles. The van der Waals surface area contributed by atoms with Gasteiger partial charge in [-0.15, -0.1) is 0 Å². The number of ether oxygens (including phenoxy) is 2. The molecule has 1 aromatic rings. The number of anilines is 1. The first-order chi connectivity index (χ1) is 17.4. The topological polar surface area (TPSA) is 128 Å². The van der Waals surface area contributed by atoms with E-state index in [-0.39, 0.29) is 17.7 Å². The van der Waals surface area contributed by atoms with Crippen LogP contribution in [0.15, 0.2) is 12.1 Å². The molecule has 0 unspecified atom stereocenters. The molecule has 0 aromatic heterocycles. The smallest absolute Gasteiger partial charge is 0.412 e. The van der Waals surface area contributed by atoms with E-state index in [1.54, 1.807) is 38.8 Å². The predicted octanol–water partition coefficient (Wildman–Crippen LogP) is 4.62. The van der Waals surface area contributed by atoms with Crippen LogP contribution in [0.4, 0.5) is 10.5 Å². The average Bonchev–Trinajstić information content (AvgIpc) is 3.14. The van der Waals surface area contributed by atoms with Crippen LogP contribution < -0.4 is 11.1 Å². The van der Waals surface area contributed by atoms with Crippen LogP contribution in [0.3, 0.4) is 0 Å². The molecular weight excluding hydrogens is 474 g/mol. The van der Waals surface area contributed by atoms with Crippen molar-refractivity contribution in [2.45, 2.75) is 102 Å². The number of hydrogen-bond donors (Lipinski definition) is 2. The second kappa shape index (κ2) is 10.4. The van der Waals surface area contributed by atoms with Crippen molar-refractivity contribution in [3.05, 3.63) is 28.8 Å². The maximum atomic E-state index is 13.0. The van der Waals surface area contributed by atoms with Crippen molar-refractivity contribution in [2.24, 2.45) is 11.7 Å². The molecule has 9 heteroatoms. The summed E-state index contributed by atoms with van der Waals surface area (Å²) in [6.07, 6.45) is 6.05. The number of carbonyl (C=O) groups excluding carboxylic acids is 4. The Morgan fingerprint density at radius 2 is 1.70 bits per heavy atom. The molecule has 2 fully saturated rings. The largest absolute Gasteiger partial charge is 0.444 e. The highest BCUT2D eigenvalue weighted by Crippen LogP contribution is 2.43. The Bertz CT molecular complexity index is 1080. The number of esters is 2. The summed E-state index contributed by atoms with van der Waals surface area (Å²) in [6.45, 7) is 5.78. The van der Waals surface area contributed by atoms with Crippen molar-refractivity contribution in [2.75, 3.05) is 12.4 Å². The molecule has 9 nitrogen and oxygen atoms in total. The normalized spacial score (nSPS) is 24.4. The maximum Gasteiger partial charge on any atom is 0.412 e. The summed E-state index contributed by atoms with van der Waals surface area (Å²) in [6, 6.07) is 3.69. The van der Waals surface area contributed by atoms with Gasteiger partial charge in [-0.05, 0) is 82.4 Å². The number of benzene rings is 1. The number of hydrogen-bond acceptors (Lipinski definition) is 7. The summed E-state index contributed by atoms with van der Waals surface area (Å²) in [5.41, 5.74) is 7.42. The molecule has 2 amide bonds. The number of nitrogens with two attached hydrogens (primary N) is 1. The van der Waals surface area contributed by atoms with Crippen LogP contribution in [-0.2, 0) is 25.6 Å². The van der Waals surface area contributed by atoms with Gasteiger partial charge < -0.3 is 20.1 Å². The summed E-state index contributed by atoms with van der Waals surface area (Å²) in [7, 11) is 1.73. The molecule has 0 atom stereocenters. The van der Waals surface area contributed by atoms with Crippen LogP contribution in [0, 0.1) is 5.92 Å². The lowest BCUT2D eigenvalue weighted by Crippen LogP contribution is -2.52. The molecule has 2 aliphatic carbocycles. The van der Waals surface area contributed by atoms with Crippen molar-refractivity contribution in [3.63, 3.8) is 0 Å². The first-order valence-electron chi connectivity index (χ1n) is 13.3. The zero-order valence-electron chi connectivity index (χ0n) is 22.4. The minimum atomic E-state index is -1.19. The number of nitrogens with one attached hydrogen (secondary N) is 1. The van der Waals surface area contributed by atoms with Gasteiger partial charge >= 0.3 is 18.0 Å². The zero-order valence-corrected chi connectivity index (χ0v) is 22.4. The highest BCUT2D eigenvalue weighted by molar-refractivity contribution is 6.06. The van der Waals surface area contributed by atoms with Gasteiger partial charge in [-0.1, -0.05) is 25.3 Å². The van der Waals surface area contributed by atoms with E-state index in [9.17, 15) is 19.2 Å². The fraction of sp³-hybridized carbons (Fsp3) is 0.643. The van der Waals surface area contributed by atoms with Crippen LogP contribution in [-0.4, -0.2) is 47.0 Å². The molecule has 0 spiro atoms. The Kier molecular flexibility index (Phi) is 7.65. The van der Waals surface area contributed by atoms with E-state index in [2.05, 4.69) is 5.32 Å². The van der Waals surface area contributed by atoms with E-state index >= 15 is 0 Å². The number of nitrogens with zero attached hydrogens (tertiary/aromatic N) is 1. The standard InChI is InChI=1S/C28H39N3O6/c1-27(2,3)37-26(35)30-21-11-10-19(20-16-31(4)23(32)22(20)21)17-12-14-28(29,15-13-17)25(34)36-24(33)18-8-6-5-7-9-18/h10-11,17-18H,5-9,12-16,29H2,1-4H3,(H,30,35). The third-order valence-corrected chi connectivity index (χ3v) is 7.80. The van der Waals surface area contributed by atoms with Crippen LogP contribution in [0.2, 0.25) is 0 Å². The maximum absolute atomic E-state index is 13.0. The summed E-state index contributed by atoms with van der Waals surface area (Å²) in [5.74, 6) is -1.33. The van der Waals surface area contributed by atoms with Crippen LogP contribution in [0.25, 0.3) is 0 Å². The van der Waals surface area contributed by atoms with Crippen molar-refractivity contribution in [1.29, 1.82) is 0 Å². The lowest BCUT2D eigenvalue weighted by Gasteiger charge is -2.36. The molecule has 1 heterocycles. The van der Waals surface area contributed by atoms with E-state index < -0.39 is 29.2 Å². The molecule has 4 rings (SSSR count). The average molecular weight is 514 g/mol. The van der Waals surface area contributed by atoms with Crippen molar-refractivity contribution in [3.8, 4) is 0 Å². The first-order valence-corrected chi connectivity index (χ1v) is 13.3. The second-order valence-corrected chi connectivity index (χ2v) is 11.8. The Morgan fingerprint density at radius 3 is 2.32 bits per heavy atom. The zero-order chi connectivity index (χ0) is 27.0. The van der Waals surface area contributed by atoms with Gasteiger partial charge in [0, 0.05) is 13.6 Å². The summed E-state index contributed by atoms with van der Waals surface area (Å²) >= 11 is 0. The van der Waals surface area contributed by atoms with E-state index in [0.29, 0.717) is 43.5 Å². The molecule has 0 bridgehead atoms. The quantitative estimate of drug-likeness (QED) is 0.444. The highest BCUT2D eigenvalue weighted by atomic mass is 16.6. The Balaban J connectivity index is 1.45. The van der Waals surface area contributed by atoms with Crippen LogP contribution in [0.5, 0.6) is 0 Å². The van der Waals surface area contributed by atoms with Gasteiger partial charge in [0.05, 0.1) is 17.2 Å². The van der Waals surface area contributed by atoms with Crippen LogP contribution in [0.1, 0.15) is 106 Å². The summed E-state index contributed by atoms with van der Waals surface area (Å²) in [4.78, 5) is 52.3. The van der Waals surface area contributed by atoms with Gasteiger partial charge in [0.1, 0.15) is 11.1 Å². The lowest BCUT2D eigenvalue weighted by molar-refractivity contribution is -0.168. The van der Waals surface area contributed by atoms with Gasteiger partial charge in [0.2, 0.25) is 0 Å². The Labute approximate surface area is 218 Å². The minimum absolute atomic E-state index is 0.0992. The van der Waals surface area contributed by atoms with Crippen molar-refractivity contribution < 1.29 is 28.7 Å². The first kappa shape index (κ1) is 27.1. The second-order valence-electron chi connectivity index (χ2n) is 11.8. The van der Waals surface area contributed by atoms with Gasteiger partial charge in [0.25, 0.3) is 5.91 Å². The molecule has 37 heavy (non-hydrogen) atoms. The number of amides is 2. The number of rotatable bonds is 4. The summed E-state index contributed by atoms with van der Waals surface area (Å²) in [5, 5.41) is 2.73. The van der Waals surface area contributed by atoms with Gasteiger partial charge in [-0.25, -0.2) is 9.59 Å². The molecule has 0 radical (unpaired) electrons. The van der Waals surface area contributed by atoms with Crippen molar-refractivity contribution >= 4 is 29.6 Å². The van der Waals surface area contributed by atoms with E-state index in [4.69, 9.17) is 15.2 Å². The van der Waals surface area contributed by atoms with Gasteiger partial charge in [0.15, 0.2) is 0 Å². The molecule has 0 saturated heterocycles. The van der Waals surface area contributed by atoms with E-state index in [1.807, 2.05) is 6.07 Å². The third-order valence-electron chi connectivity index (χ3n) is 7.80. The molecule has 3 N–H and O–H groups in total.